The number of fused-ring (bicyclic) bond motifs is 1. The van der Waals surface area contributed by atoms with Crippen molar-refractivity contribution >= 4 is 40.1 Å². The molecule has 216 valence electrons. The molecule has 2 N–H and O–H groups in total. The summed E-state index contributed by atoms with van der Waals surface area (Å²) in [4.78, 5) is 45.2. The van der Waals surface area contributed by atoms with E-state index in [1.54, 1.807) is 18.2 Å². The van der Waals surface area contributed by atoms with Crippen LogP contribution in [-0.2, 0) is 9.59 Å². The van der Waals surface area contributed by atoms with Crippen molar-refractivity contribution < 1.29 is 37.7 Å². The lowest BCUT2D eigenvalue weighted by Crippen LogP contribution is -2.58. The van der Waals surface area contributed by atoms with E-state index >= 15 is 4.39 Å². The van der Waals surface area contributed by atoms with Crippen LogP contribution in [0.1, 0.15) is 17.2 Å². The molecule has 2 unspecified atom stereocenters. The molecule has 1 aliphatic heterocycles. The van der Waals surface area contributed by atoms with E-state index in [-0.39, 0.29) is 23.5 Å². The van der Waals surface area contributed by atoms with Crippen LogP contribution in [0, 0.1) is 17.6 Å². The number of hydrogen-bond acceptors (Lipinski definition) is 7. The smallest absolute Gasteiger partial charge is 0.331 e. The Morgan fingerprint density at radius 3 is 2.36 bits per heavy atom. The van der Waals surface area contributed by atoms with Gasteiger partial charge in [0.1, 0.15) is 23.7 Å². The number of anilines is 2. The molecule has 0 spiro atoms. The minimum Gasteiger partial charge on any atom is -0.493 e. The van der Waals surface area contributed by atoms with Crippen LogP contribution in [0.4, 0.5) is 25.0 Å². The molecule has 10 nitrogen and oxygen atoms in total. The number of benzene rings is 3. The molecular weight excluding hydrogens is 550 g/mol. The van der Waals surface area contributed by atoms with E-state index in [4.69, 9.17) is 9.47 Å². The number of amides is 4. The summed E-state index contributed by atoms with van der Waals surface area (Å²) in [5, 5.41) is 14.2. The molecule has 4 aromatic rings. The van der Waals surface area contributed by atoms with E-state index in [1.807, 2.05) is 0 Å². The molecule has 2 atom stereocenters. The highest BCUT2D eigenvalue weighted by Crippen LogP contribution is 2.36. The van der Waals surface area contributed by atoms with Gasteiger partial charge < -0.3 is 24.8 Å². The summed E-state index contributed by atoms with van der Waals surface area (Å²) < 4.78 is 39.4. The van der Waals surface area contributed by atoms with Gasteiger partial charge in [-0.15, -0.1) is 0 Å². The Bertz CT molecular complexity index is 1700. The third-order valence-electron chi connectivity index (χ3n) is 7.03. The highest BCUT2D eigenvalue weighted by Gasteiger charge is 2.42. The van der Waals surface area contributed by atoms with Crippen molar-refractivity contribution in [2.75, 3.05) is 38.0 Å². The number of carbonyl (C=O) groups is 3. The van der Waals surface area contributed by atoms with E-state index < -0.39 is 41.5 Å². The van der Waals surface area contributed by atoms with E-state index in [0.717, 1.165) is 23.1 Å². The minimum atomic E-state index is -1.39. The Hall–Kier alpha value is -5.10. The Morgan fingerprint density at radius 1 is 1.00 bits per heavy atom. The largest absolute Gasteiger partial charge is 0.493 e. The Kier molecular flexibility index (Phi) is 7.72. The van der Waals surface area contributed by atoms with E-state index in [1.165, 1.54) is 56.6 Å². The number of methoxy groups -OCH3 is 2. The lowest BCUT2D eigenvalue weighted by molar-refractivity contribution is -0.131. The first-order chi connectivity index (χ1) is 20.1. The number of pyridine rings is 1. The van der Waals surface area contributed by atoms with Gasteiger partial charge in [0, 0.05) is 42.5 Å². The third kappa shape index (κ3) is 5.19. The second-order valence-corrected chi connectivity index (χ2v) is 9.62. The van der Waals surface area contributed by atoms with Crippen molar-refractivity contribution in [3.8, 4) is 11.5 Å². The summed E-state index contributed by atoms with van der Waals surface area (Å²) in [6.07, 6.45) is 0.0968. The molecule has 0 aliphatic carbocycles. The van der Waals surface area contributed by atoms with Crippen LogP contribution in [0.15, 0.2) is 66.9 Å². The summed E-state index contributed by atoms with van der Waals surface area (Å²) in [5.74, 6) is -3.37. The standard InChI is InChI=1S/C30H26F2N4O6/c1-35-15-22(29(39)36(30(35)40)18-7-4-16(31)5-8-18)28(38)34-17-6-9-20(23(32)12-17)27(37)19-10-11-33-24-14-26(42-3)25(41-2)13-21(19)24/h4-14,22,27,37H,15H2,1-3H3,(H,34,38). The fourth-order valence-electron chi connectivity index (χ4n) is 4.83. The highest BCUT2D eigenvalue weighted by atomic mass is 19.1. The number of aromatic nitrogens is 1. The fraction of sp³-hybridized carbons (Fsp3) is 0.200. The molecule has 1 aliphatic rings. The van der Waals surface area contributed by atoms with Crippen molar-refractivity contribution in [1.29, 1.82) is 0 Å². The summed E-state index contributed by atoms with van der Waals surface area (Å²) in [6.45, 7) is -0.205. The van der Waals surface area contributed by atoms with Crippen LogP contribution >= 0.6 is 0 Å². The first-order valence-electron chi connectivity index (χ1n) is 12.8. The van der Waals surface area contributed by atoms with Gasteiger partial charge in [0.25, 0.3) is 0 Å². The number of ether oxygens (including phenoxy) is 2. The van der Waals surface area contributed by atoms with Crippen LogP contribution in [-0.4, -0.2) is 60.6 Å². The topological polar surface area (TPSA) is 121 Å². The van der Waals surface area contributed by atoms with E-state index in [9.17, 15) is 23.9 Å². The Morgan fingerprint density at radius 2 is 1.69 bits per heavy atom. The molecule has 1 saturated heterocycles. The zero-order chi connectivity index (χ0) is 30.1. The van der Waals surface area contributed by atoms with Gasteiger partial charge in [-0.3, -0.25) is 14.6 Å². The lowest BCUT2D eigenvalue weighted by Gasteiger charge is -2.35. The number of imide groups is 1. The van der Waals surface area contributed by atoms with Crippen molar-refractivity contribution in [3.05, 3.63) is 89.6 Å². The normalized spacial score (nSPS) is 16.0. The average molecular weight is 577 g/mol. The van der Waals surface area contributed by atoms with Gasteiger partial charge in [0.2, 0.25) is 11.8 Å². The molecule has 0 bridgehead atoms. The van der Waals surface area contributed by atoms with Crippen molar-refractivity contribution in [1.82, 2.24) is 9.88 Å². The first kappa shape index (κ1) is 28.4. The summed E-state index contributed by atoms with van der Waals surface area (Å²) >= 11 is 0. The number of halogens is 2. The van der Waals surface area contributed by atoms with Gasteiger partial charge in [0.15, 0.2) is 11.5 Å². The van der Waals surface area contributed by atoms with Crippen LogP contribution in [0.25, 0.3) is 10.9 Å². The molecule has 0 radical (unpaired) electrons. The molecule has 1 aromatic heterocycles. The van der Waals surface area contributed by atoms with E-state index in [2.05, 4.69) is 10.3 Å². The first-order valence-corrected chi connectivity index (χ1v) is 12.8. The molecule has 3 aromatic carbocycles. The second-order valence-electron chi connectivity index (χ2n) is 9.62. The van der Waals surface area contributed by atoms with Gasteiger partial charge in [-0.05, 0) is 54.1 Å². The van der Waals surface area contributed by atoms with Crippen molar-refractivity contribution in [2.45, 2.75) is 6.10 Å². The SMILES string of the molecule is COc1cc2nccc(C(O)c3ccc(NC(=O)C4CN(C)C(=O)N(c5ccc(F)cc5)C4=O)cc3F)c2cc1OC. The highest BCUT2D eigenvalue weighted by molar-refractivity contribution is 6.23. The average Bonchev–Trinajstić information content (AvgIpc) is 2.98. The maximum Gasteiger partial charge on any atom is 0.331 e. The number of hydrogen-bond donors (Lipinski definition) is 2. The lowest BCUT2D eigenvalue weighted by atomic mass is 9.97. The van der Waals surface area contributed by atoms with Crippen molar-refractivity contribution in [2.24, 2.45) is 5.92 Å². The maximum absolute atomic E-state index is 15.3. The maximum atomic E-state index is 15.3. The van der Waals surface area contributed by atoms with Gasteiger partial charge >= 0.3 is 6.03 Å². The molecule has 5 rings (SSSR count). The fourth-order valence-corrected chi connectivity index (χ4v) is 4.83. The second kappa shape index (κ2) is 11.4. The zero-order valence-electron chi connectivity index (χ0n) is 22.8. The predicted octanol–water partition coefficient (Wildman–Crippen LogP) is 4.27. The number of carbonyl (C=O) groups excluding carboxylic acids is 3. The summed E-state index contributed by atoms with van der Waals surface area (Å²) in [7, 11) is 4.39. The van der Waals surface area contributed by atoms with Crippen LogP contribution in [0.2, 0.25) is 0 Å². The molecule has 1 fully saturated rings. The number of aliphatic hydroxyl groups excluding tert-OH is 1. The molecule has 12 heteroatoms. The molecule has 2 heterocycles. The van der Waals surface area contributed by atoms with Crippen LogP contribution in [0.5, 0.6) is 11.5 Å². The Balaban J connectivity index is 1.38. The summed E-state index contributed by atoms with van der Waals surface area (Å²) in [5.41, 5.74) is 0.971. The number of rotatable bonds is 7. The van der Waals surface area contributed by atoms with Gasteiger partial charge in [-0.2, -0.15) is 0 Å². The predicted molar refractivity (Wildman–Crippen MR) is 149 cm³/mol. The van der Waals surface area contributed by atoms with Gasteiger partial charge in [-0.25, -0.2) is 18.5 Å². The third-order valence-corrected chi connectivity index (χ3v) is 7.03. The summed E-state index contributed by atoms with van der Waals surface area (Å²) in [6, 6.07) is 12.7. The van der Waals surface area contributed by atoms with Gasteiger partial charge in [0.05, 0.1) is 25.4 Å². The molecular formula is C30H26F2N4O6. The van der Waals surface area contributed by atoms with Crippen LogP contribution in [0.3, 0.4) is 0 Å². The number of urea groups is 1. The zero-order valence-corrected chi connectivity index (χ0v) is 22.8. The molecule has 4 amide bonds. The van der Waals surface area contributed by atoms with Crippen molar-refractivity contribution in [3.63, 3.8) is 0 Å². The van der Waals surface area contributed by atoms with E-state index in [0.29, 0.717) is 28.0 Å². The van der Waals surface area contributed by atoms with Gasteiger partial charge in [-0.1, -0.05) is 6.07 Å². The minimum absolute atomic E-state index is 0.0418. The quantitative estimate of drug-likeness (QED) is 0.315. The monoisotopic (exact) mass is 576 g/mol. The molecule has 0 saturated carbocycles. The van der Waals surface area contributed by atoms with Crippen LogP contribution < -0.4 is 19.7 Å². The number of nitrogens with zero attached hydrogens (tertiary/aromatic N) is 3. The number of aliphatic hydroxyl groups is 1. The number of nitrogens with one attached hydrogen (secondary N) is 1. The molecule has 42 heavy (non-hydrogen) atoms. The Labute approximate surface area is 239 Å².